The number of rotatable bonds is 8. The van der Waals surface area contributed by atoms with Crippen molar-refractivity contribution in [1.82, 2.24) is 26.2 Å². The summed E-state index contributed by atoms with van der Waals surface area (Å²) in [6.45, 7) is 4.89. The Hall–Kier alpha value is -4.58. The van der Waals surface area contributed by atoms with Crippen LogP contribution in [0.3, 0.4) is 0 Å². The number of carbonyl (C=O) groups is 6. The van der Waals surface area contributed by atoms with Gasteiger partial charge in [0.1, 0.15) is 18.1 Å². The first-order valence-corrected chi connectivity index (χ1v) is 17.3. The zero-order valence-corrected chi connectivity index (χ0v) is 28.4. The van der Waals surface area contributed by atoms with Gasteiger partial charge in [-0.2, -0.15) is 0 Å². The van der Waals surface area contributed by atoms with Crippen LogP contribution in [0.25, 0.3) is 0 Å². The molecule has 264 valence electrons. The second-order valence-corrected chi connectivity index (χ2v) is 13.4. The van der Waals surface area contributed by atoms with Crippen LogP contribution in [-0.2, 0) is 41.6 Å². The van der Waals surface area contributed by atoms with Crippen LogP contribution in [0.5, 0.6) is 0 Å². The zero-order chi connectivity index (χ0) is 35.3. The van der Waals surface area contributed by atoms with Gasteiger partial charge in [-0.05, 0) is 55.7 Å². The summed E-state index contributed by atoms with van der Waals surface area (Å²) in [4.78, 5) is 82.2. The van der Waals surface area contributed by atoms with Crippen molar-refractivity contribution >= 4 is 35.4 Å². The fourth-order valence-corrected chi connectivity index (χ4v) is 6.47. The van der Waals surface area contributed by atoms with Gasteiger partial charge >= 0.3 is 5.97 Å². The van der Waals surface area contributed by atoms with E-state index in [1.165, 1.54) is 0 Å². The molecule has 0 aliphatic carbocycles. The topological polar surface area (TPSA) is 174 Å². The quantitative estimate of drug-likeness (QED) is 0.283. The Bertz CT molecular complexity index is 1450. The van der Waals surface area contributed by atoms with Crippen LogP contribution in [0.4, 0.5) is 0 Å². The average molecular weight is 676 g/mol. The summed E-state index contributed by atoms with van der Waals surface area (Å²) >= 11 is 0. The van der Waals surface area contributed by atoms with Crippen LogP contribution in [0, 0.1) is 5.92 Å². The first-order valence-electron chi connectivity index (χ1n) is 17.3. The van der Waals surface area contributed by atoms with Gasteiger partial charge in [-0.25, -0.2) is 0 Å². The lowest BCUT2D eigenvalue weighted by atomic mass is 10.00. The van der Waals surface area contributed by atoms with Crippen molar-refractivity contribution in [2.75, 3.05) is 13.1 Å². The Morgan fingerprint density at radius 1 is 0.755 bits per heavy atom. The van der Waals surface area contributed by atoms with Crippen LogP contribution >= 0.6 is 0 Å². The number of hydrogen-bond acceptors (Lipinski definition) is 7. The van der Waals surface area contributed by atoms with Crippen LogP contribution in [0.2, 0.25) is 0 Å². The number of hydrogen-bond donors (Lipinski definition) is 5. The Balaban J connectivity index is 1.69. The minimum Gasteiger partial charge on any atom is -0.481 e. The van der Waals surface area contributed by atoms with Gasteiger partial charge < -0.3 is 31.3 Å². The average Bonchev–Trinajstić information content (AvgIpc) is 3.57. The summed E-state index contributed by atoms with van der Waals surface area (Å²) in [5.41, 5.74) is 1.51. The molecule has 49 heavy (non-hydrogen) atoms. The third kappa shape index (κ3) is 11.2. The molecule has 0 unspecified atom stereocenters. The molecular weight excluding hydrogens is 626 g/mol. The molecule has 0 aromatic heterocycles. The standard InChI is InChI=1S/C37H49N5O7/c1-24(2)20-30-37(49)42-19-11-16-31(42)36(48)41-29(22-26-14-7-4-8-15-26)35(47)40-28(21-25-12-5-3-6-13-25)34(46)39-27(23-33(44)45)32(43)17-9-10-18-38-30/h3-8,12-15,24,27-31,38H,9-11,16-23H2,1-2H3,(H,39,46)(H,40,47)(H,41,48)(H,44,45)/t27-,28-,29-,30-,31-/m0/s1. The smallest absolute Gasteiger partial charge is 0.305 e. The lowest BCUT2D eigenvalue weighted by molar-refractivity contribution is -0.141. The molecule has 2 aliphatic heterocycles. The second-order valence-electron chi connectivity index (χ2n) is 13.4. The number of Topliss-reactive ketones (excluding diaryl/α,β-unsaturated/α-hetero) is 1. The molecule has 0 bridgehead atoms. The molecule has 0 saturated carbocycles. The molecule has 2 fully saturated rings. The number of carboxylic acids is 1. The number of nitrogens with one attached hydrogen (secondary N) is 4. The Kier molecular flexibility index (Phi) is 13.9. The maximum absolute atomic E-state index is 14.0. The normalized spacial score (nSPS) is 25.0. The number of benzene rings is 2. The van der Waals surface area contributed by atoms with Crippen LogP contribution in [0.15, 0.2) is 60.7 Å². The molecule has 4 rings (SSSR count). The predicted octanol–water partition coefficient (Wildman–Crippen LogP) is 2.15. The highest BCUT2D eigenvalue weighted by Gasteiger charge is 2.39. The molecule has 4 amide bonds. The lowest BCUT2D eigenvalue weighted by Crippen LogP contribution is -2.59. The van der Waals surface area contributed by atoms with E-state index in [9.17, 15) is 33.9 Å². The number of fused-ring (bicyclic) bond motifs is 1. The summed E-state index contributed by atoms with van der Waals surface area (Å²) in [7, 11) is 0. The van der Waals surface area contributed by atoms with E-state index in [4.69, 9.17) is 0 Å². The van der Waals surface area contributed by atoms with Gasteiger partial charge in [0.15, 0.2) is 5.78 Å². The van der Waals surface area contributed by atoms with Crippen molar-refractivity contribution in [3.63, 3.8) is 0 Å². The number of carbonyl (C=O) groups excluding carboxylic acids is 5. The van der Waals surface area contributed by atoms with Gasteiger partial charge in [0.2, 0.25) is 23.6 Å². The summed E-state index contributed by atoms with van der Waals surface area (Å²) < 4.78 is 0. The summed E-state index contributed by atoms with van der Waals surface area (Å²) in [6.07, 6.45) is 2.22. The highest BCUT2D eigenvalue weighted by molar-refractivity contribution is 5.97. The highest BCUT2D eigenvalue weighted by atomic mass is 16.4. The molecule has 2 heterocycles. The van der Waals surface area contributed by atoms with Crippen LogP contribution < -0.4 is 21.3 Å². The molecular formula is C37H49N5O7. The fourth-order valence-electron chi connectivity index (χ4n) is 6.47. The van der Waals surface area contributed by atoms with Gasteiger partial charge in [0, 0.05) is 25.8 Å². The lowest BCUT2D eigenvalue weighted by Gasteiger charge is -2.31. The van der Waals surface area contributed by atoms with Crippen molar-refractivity contribution in [2.45, 2.75) is 102 Å². The van der Waals surface area contributed by atoms with Crippen LogP contribution in [-0.4, -0.2) is 88.7 Å². The molecule has 0 radical (unpaired) electrons. The second kappa shape index (κ2) is 18.3. The molecule has 12 heteroatoms. The van der Waals surface area contributed by atoms with Crippen molar-refractivity contribution in [3.8, 4) is 0 Å². The molecule has 5 N–H and O–H groups in total. The maximum Gasteiger partial charge on any atom is 0.305 e. The van der Waals surface area contributed by atoms with E-state index >= 15 is 0 Å². The van der Waals surface area contributed by atoms with E-state index in [0.717, 1.165) is 11.1 Å². The molecule has 2 aliphatic rings. The summed E-state index contributed by atoms with van der Waals surface area (Å²) in [6, 6.07) is 13.3. The van der Waals surface area contributed by atoms with E-state index < -0.39 is 66.1 Å². The summed E-state index contributed by atoms with van der Waals surface area (Å²) in [5, 5.41) is 21.2. The SMILES string of the molecule is CC(C)C[C@@H]1NCCCCC(=O)[C@H](CC(=O)O)NC(=O)[C@H](Cc2ccccc2)NC(=O)[C@H](Cc2ccccc2)NC(=O)[C@@H]2CCCN2C1=O. The molecule has 2 aromatic carbocycles. The number of amides is 4. The molecule has 12 nitrogen and oxygen atoms in total. The van der Waals surface area contributed by atoms with Gasteiger partial charge in [0.25, 0.3) is 0 Å². The van der Waals surface area contributed by atoms with E-state index in [2.05, 4.69) is 21.3 Å². The van der Waals surface area contributed by atoms with Gasteiger partial charge in [-0.3, -0.25) is 28.8 Å². The van der Waals surface area contributed by atoms with Crippen molar-refractivity contribution in [3.05, 3.63) is 71.8 Å². The first-order chi connectivity index (χ1) is 23.5. The molecule has 5 atom stereocenters. The Morgan fingerprint density at radius 3 is 1.86 bits per heavy atom. The number of carboxylic acid groups (broad SMARTS) is 1. The van der Waals surface area contributed by atoms with E-state index in [1.807, 2.05) is 50.2 Å². The van der Waals surface area contributed by atoms with Crippen molar-refractivity contribution in [2.24, 2.45) is 5.92 Å². The third-order valence-corrected chi connectivity index (χ3v) is 9.00. The zero-order valence-electron chi connectivity index (χ0n) is 28.4. The fraction of sp³-hybridized carbons (Fsp3) is 0.514. The van der Waals surface area contributed by atoms with E-state index in [-0.39, 0.29) is 31.1 Å². The minimum absolute atomic E-state index is 0.0319. The molecule has 0 spiro atoms. The number of ketones is 1. The predicted molar refractivity (Wildman–Crippen MR) is 183 cm³/mol. The largest absolute Gasteiger partial charge is 0.481 e. The maximum atomic E-state index is 14.0. The minimum atomic E-state index is -1.29. The third-order valence-electron chi connectivity index (χ3n) is 9.00. The number of aliphatic carboxylic acids is 1. The van der Waals surface area contributed by atoms with E-state index in [1.54, 1.807) is 29.2 Å². The van der Waals surface area contributed by atoms with Gasteiger partial charge in [-0.15, -0.1) is 0 Å². The van der Waals surface area contributed by atoms with Gasteiger partial charge in [0.05, 0.1) is 18.5 Å². The van der Waals surface area contributed by atoms with Gasteiger partial charge in [-0.1, -0.05) is 74.5 Å². The van der Waals surface area contributed by atoms with E-state index in [0.29, 0.717) is 45.2 Å². The Morgan fingerprint density at radius 2 is 1.31 bits per heavy atom. The highest BCUT2D eigenvalue weighted by Crippen LogP contribution is 2.21. The van der Waals surface area contributed by atoms with Crippen molar-refractivity contribution in [1.29, 1.82) is 0 Å². The van der Waals surface area contributed by atoms with Crippen LogP contribution in [0.1, 0.15) is 69.9 Å². The molecule has 2 saturated heterocycles. The first kappa shape index (κ1) is 37.2. The number of nitrogens with zero attached hydrogens (tertiary/aromatic N) is 1. The summed E-state index contributed by atoms with van der Waals surface area (Å²) in [5.74, 6) is -3.43. The molecule has 2 aromatic rings. The monoisotopic (exact) mass is 675 g/mol. The Labute approximate surface area is 287 Å². The van der Waals surface area contributed by atoms with Crippen molar-refractivity contribution < 1.29 is 33.9 Å².